The van der Waals surface area contributed by atoms with E-state index in [0.29, 0.717) is 0 Å². The second-order valence-electron chi connectivity index (χ2n) is 3.10. The van der Waals surface area contributed by atoms with Gasteiger partial charge >= 0.3 is 11.9 Å². The van der Waals surface area contributed by atoms with Gasteiger partial charge in [0.1, 0.15) is 0 Å². The predicted molar refractivity (Wildman–Crippen MR) is 57.1 cm³/mol. The number of rotatable bonds is 6. The third kappa shape index (κ3) is 15.6. The summed E-state index contributed by atoms with van der Waals surface area (Å²) in [4.78, 5) is 21.0. The fourth-order valence-corrected chi connectivity index (χ4v) is 0.964. The number of carbonyl (C=O) groups is 2. The summed E-state index contributed by atoms with van der Waals surface area (Å²) in [7, 11) is 0. The molecule has 0 aromatic carbocycles. The lowest BCUT2D eigenvalue weighted by Crippen LogP contribution is -3.11. The summed E-state index contributed by atoms with van der Waals surface area (Å²) >= 11 is 0. The van der Waals surface area contributed by atoms with Gasteiger partial charge in [0.2, 0.25) is 0 Å². The number of quaternary nitrogens is 1. The molecule has 0 atom stereocenters. The Hall–Kier alpha value is -1.10. The lowest BCUT2D eigenvalue weighted by atomic mass is 10.3. The van der Waals surface area contributed by atoms with Crippen LogP contribution in [0.1, 0.15) is 33.6 Å². The molecule has 0 saturated heterocycles. The molecule has 0 rings (SSSR count). The summed E-state index contributed by atoms with van der Waals surface area (Å²) in [5.74, 6) is -2.15. The first kappa shape index (κ1) is 16.3. The molecule has 0 aliphatic heterocycles. The molecule has 0 aromatic heterocycles. The number of carboxylic acids is 2. The molecule has 0 fully saturated rings. The van der Waals surface area contributed by atoms with Gasteiger partial charge in [-0.3, -0.25) is 9.59 Å². The molecule has 0 saturated carbocycles. The largest absolute Gasteiger partial charge is 0.481 e. The van der Waals surface area contributed by atoms with Crippen molar-refractivity contribution in [2.75, 3.05) is 19.6 Å². The predicted octanol–water partition coefficient (Wildman–Crippen LogP) is -0.133. The molecule has 0 spiro atoms. The molecule has 0 heterocycles. The van der Waals surface area contributed by atoms with Crippen molar-refractivity contribution in [3.8, 4) is 0 Å². The van der Waals surface area contributed by atoms with Gasteiger partial charge in [-0.05, 0) is 20.8 Å². The van der Waals surface area contributed by atoms with Crippen LogP contribution >= 0.6 is 0 Å². The Morgan fingerprint density at radius 3 is 1.20 bits per heavy atom. The van der Waals surface area contributed by atoms with Crippen molar-refractivity contribution in [2.45, 2.75) is 33.6 Å². The normalized spacial score (nSPS) is 9.33. The van der Waals surface area contributed by atoms with E-state index in [9.17, 15) is 9.59 Å². The maximum Gasteiger partial charge on any atom is 0.303 e. The van der Waals surface area contributed by atoms with E-state index >= 15 is 0 Å². The van der Waals surface area contributed by atoms with Crippen molar-refractivity contribution < 1.29 is 24.7 Å². The summed E-state index contributed by atoms with van der Waals surface area (Å²) in [6.45, 7) is 10.5. The van der Waals surface area contributed by atoms with Gasteiger partial charge in [0.25, 0.3) is 0 Å². The molecule has 5 heteroatoms. The van der Waals surface area contributed by atoms with Crippen LogP contribution in [0.3, 0.4) is 0 Å². The minimum Gasteiger partial charge on any atom is -0.481 e. The highest BCUT2D eigenvalue weighted by Gasteiger charge is 2.00. The van der Waals surface area contributed by atoms with Gasteiger partial charge in [0.05, 0.1) is 32.5 Å². The fraction of sp³-hybridized carbons (Fsp3) is 0.800. The molecule has 15 heavy (non-hydrogen) atoms. The average Bonchev–Trinajstić information content (AvgIpc) is 2.18. The first-order chi connectivity index (χ1) is 6.97. The van der Waals surface area contributed by atoms with Crippen molar-refractivity contribution in [2.24, 2.45) is 0 Å². The summed E-state index contributed by atoms with van der Waals surface area (Å²) in [6.07, 6.45) is -0.593. The molecule has 0 aliphatic carbocycles. The van der Waals surface area contributed by atoms with Gasteiger partial charge < -0.3 is 15.1 Å². The van der Waals surface area contributed by atoms with Crippen LogP contribution in [0.25, 0.3) is 0 Å². The molecule has 0 aliphatic rings. The van der Waals surface area contributed by atoms with Crippen LogP contribution in [0.15, 0.2) is 0 Å². The molecule has 0 radical (unpaired) electrons. The van der Waals surface area contributed by atoms with E-state index in [2.05, 4.69) is 20.8 Å². The first-order valence-corrected chi connectivity index (χ1v) is 5.24. The lowest BCUT2D eigenvalue weighted by Gasteiger charge is -2.10. The second kappa shape index (κ2) is 11.0. The van der Waals surface area contributed by atoms with E-state index in [1.54, 1.807) is 4.90 Å². The van der Waals surface area contributed by atoms with Crippen molar-refractivity contribution in [3.63, 3.8) is 0 Å². The third-order valence-electron chi connectivity index (χ3n) is 2.05. The highest BCUT2D eigenvalue weighted by atomic mass is 16.4. The van der Waals surface area contributed by atoms with Crippen LogP contribution < -0.4 is 4.90 Å². The van der Waals surface area contributed by atoms with E-state index in [-0.39, 0.29) is 12.8 Å². The summed E-state index contributed by atoms with van der Waals surface area (Å²) in [5, 5.41) is 15.8. The number of nitrogens with one attached hydrogen (secondary N) is 1. The van der Waals surface area contributed by atoms with Gasteiger partial charge in [0.15, 0.2) is 0 Å². The molecule has 90 valence electrons. The topological polar surface area (TPSA) is 79.0 Å². The van der Waals surface area contributed by atoms with Gasteiger partial charge in [-0.2, -0.15) is 0 Å². The average molecular weight is 220 g/mol. The van der Waals surface area contributed by atoms with E-state index in [0.717, 1.165) is 0 Å². The molecular formula is C10H22NO4+. The standard InChI is InChI=1S/C6H15N.C4H6O4/c1-4-7(5-2)6-3;5-3(6)1-2-4(7)8/h4-6H2,1-3H3;1-2H2,(H,5,6)(H,7,8)/p+1. The maximum atomic E-state index is 9.64. The third-order valence-corrected chi connectivity index (χ3v) is 2.05. The van der Waals surface area contributed by atoms with E-state index in [1.165, 1.54) is 19.6 Å². The number of hydrogen-bond acceptors (Lipinski definition) is 2. The minimum atomic E-state index is -1.08. The van der Waals surface area contributed by atoms with Crippen LogP contribution in [0, 0.1) is 0 Å². The Balaban J connectivity index is 0. The van der Waals surface area contributed by atoms with Crippen molar-refractivity contribution in [1.29, 1.82) is 0 Å². The zero-order valence-corrected chi connectivity index (χ0v) is 9.75. The summed E-state index contributed by atoms with van der Waals surface area (Å²) in [5.41, 5.74) is 0. The van der Waals surface area contributed by atoms with Crippen molar-refractivity contribution >= 4 is 11.9 Å². The molecule has 0 unspecified atom stereocenters. The fourth-order valence-electron chi connectivity index (χ4n) is 0.964. The van der Waals surface area contributed by atoms with E-state index in [4.69, 9.17) is 10.2 Å². The van der Waals surface area contributed by atoms with E-state index < -0.39 is 11.9 Å². The molecule has 0 amide bonds. The quantitative estimate of drug-likeness (QED) is 0.582. The molecule has 3 N–H and O–H groups in total. The number of aliphatic carboxylic acids is 2. The smallest absolute Gasteiger partial charge is 0.303 e. The van der Waals surface area contributed by atoms with Gasteiger partial charge in [-0.1, -0.05) is 0 Å². The molecule has 0 bridgehead atoms. The van der Waals surface area contributed by atoms with Gasteiger partial charge in [-0.25, -0.2) is 0 Å². The zero-order chi connectivity index (χ0) is 12.3. The Kier molecular flexibility index (Phi) is 12.0. The Labute approximate surface area is 90.7 Å². The Morgan fingerprint density at radius 1 is 0.867 bits per heavy atom. The number of hydrogen-bond donors (Lipinski definition) is 3. The van der Waals surface area contributed by atoms with Crippen molar-refractivity contribution in [3.05, 3.63) is 0 Å². The van der Waals surface area contributed by atoms with E-state index in [1.807, 2.05) is 0 Å². The lowest BCUT2D eigenvalue weighted by molar-refractivity contribution is -0.894. The number of carboxylic acid groups (broad SMARTS) is 2. The monoisotopic (exact) mass is 220 g/mol. The SMILES string of the molecule is CC[NH+](CC)CC.O=C(O)CCC(=O)O. The Bertz CT molecular complexity index is 159. The maximum absolute atomic E-state index is 9.64. The van der Waals surface area contributed by atoms with Crippen LogP contribution in [0.2, 0.25) is 0 Å². The van der Waals surface area contributed by atoms with Crippen LogP contribution in [-0.2, 0) is 9.59 Å². The van der Waals surface area contributed by atoms with Crippen molar-refractivity contribution in [1.82, 2.24) is 0 Å². The van der Waals surface area contributed by atoms with Crippen LogP contribution in [-0.4, -0.2) is 41.8 Å². The molecule has 0 aromatic rings. The zero-order valence-electron chi connectivity index (χ0n) is 9.75. The molecular weight excluding hydrogens is 198 g/mol. The first-order valence-electron chi connectivity index (χ1n) is 5.24. The second-order valence-corrected chi connectivity index (χ2v) is 3.10. The van der Waals surface area contributed by atoms with Crippen LogP contribution in [0.4, 0.5) is 0 Å². The highest BCUT2D eigenvalue weighted by molar-refractivity contribution is 5.75. The highest BCUT2D eigenvalue weighted by Crippen LogP contribution is 1.86. The minimum absolute atomic E-state index is 0.296. The van der Waals surface area contributed by atoms with Crippen LogP contribution in [0.5, 0.6) is 0 Å². The Morgan fingerprint density at radius 2 is 1.13 bits per heavy atom. The summed E-state index contributed by atoms with van der Waals surface area (Å²) in [6, 6.07) is 0. The molecule has 5 nitrogen and oxygen atoms in total. The van der Waals surface area contributed by atoms with Gasteiger partial charge in [-0.15, -0.1) is 0 Å². The summed E-state index contributed by atoms with van der Waals surface area (Å²) < 4.78 is 0. The van der Waals surface area contributed by atoms with Gasteiger partial charge in [0, 0.05) is 0 Å².